The number of likely N-dealkylation sites (tertiary alicyclic amines) is 1. The van der Waals surface area contributed by atoms with Gasteiger partial charge in [-0.3, -0.25) is 18.9 Å². The molecule has 264 valence electrons. The zero-order valence-corrected chi connectivity index (χ0v) is 29.1. The average molecular weight is 737 g/mol. The van der Waals surface area contributed by atoms with Crippen molar-refractivity contribution in [2.75, 3.05) is 12.9 Å². The monoisotopic (exact) mass is 736 g/mol. The van der Waals surface area contributed by atoms with Crippen LogP contribution in [0.1, 0.15) is 35.1 Å². The van der Waals surface area contributed by atoms with E-state index in [1.165, 1.54) is 42.2 Å². The molecular weight excluding hydrogens is 705 g/mol. The number of carbonyl (C=O) groups excluding carboxylic acids is 3. The molecule has 0 bridgehead atoms. The second-order valence-electron chi connectivity index (χ2n) is 12.3. The first-order valence-corrected chi connectivity index (χ1v) is 18.0. The van der Waals surface area contributed by atoms with Crippen LogP contribution in [-0.4, -0.2) is 71.8 Å². The highest BCUT2D eigenvalue weighted by molar-refractivity contribution is 7.51. The van der Waals surface area contributed by atoms with Crippen LogP contribution < -0.4 is 4.74 Å². The molecule has 11 nitrogen and oxygen atoms in total. The molecule has 1 saturated heterocycles. The summed E-state index contributed by atoms with van der Waals surface area (Å²) in [4.78, 5) is 68.7. The van der Waals surface area contributed by atoms with Gasteiger partial charge in [0, 0.05) is 75.7 Å². The molecule has 2 aromatic heterocycles. The molecule has 51 heavy (non-hydrogen) atoms. The van der Waals surface area contributed by atoms with Crippen molar-refractivity contribution in [3.8, 4) is 28.0 Å². The summed E-state index contributed by atoms with van der Waals surface area (Å²) in [5, 5.41) is 0.736. The number of rotatable bonds is 11. The molecule has 5 aromatic rings. The third-order valence-corrected chi connectivity index (χ3v) is 9.49. The van der Waals surface area contributed by atoms with Crippen LogP contribution in [-0.2, 0) is 27.1 Å². The van der Waals surface area contributed by atoms with Gasteiger partial charge in [-0.05, 0) is 31.5 Å². The van der Waals surface area contributed by atoms with Gasteiger partial charge in [0.1, 0.15) is 30.1 Å². The number of ether oxygens (including phenoxy) is 1. The van der Waals surface area contributed by atoms with Gasteiger partial charge in [-0.25, -0.2) is 18.7 Å². The Morgan fingerprint density at radius 2 is 1.75 bits per heavy atom. The van der Waals surface area contributed by atoms with Gasteiger partial charge in [-0.2, -0.15) is 0 Å². The van der Waals surface area contributed by atoms with Gasteiger partial charge < -0.3 is 24.0 Å². The number of alkyl halides is 1. The van der Waals surface area contributed by atoms with E-state index in [9.17, 15) is 33.1 Å². The number of Topliss-reactive ketones (excluding diaryl/α,β-unsaturated/α-hetero) is 2. The largest absolute Gasteiger partial charge is 0.480 e. The minimum Gasteiger partial charge on any atom is -0.480 e. The van der Waals surface area contributed by atoms with Crippen molar-refractivity contribution in [3.05, 3.63) is 101 Å². The molecule has 1 amide bonds. The quantitative estimate of drug-likeness (QED) is 0.117. The second-order valence-corrected chi connectivity index (χ2v) is 14.3. The molecule has 1 unspecified atom stereocenters. The summed E-state index contributed by atoms with van der Waals surface area (Å²) in [5.41, 5.74) is 2.07. The van der Waals surface area contributed by atoms with Crippen molar-refractivity contribution < 1.29 is 42.3 Å². The molecule has 6 rings (SSSR count). The summed E-state index contributed by atoms with van der Waals surface area (Å²) in [6.07, 6.45) is 1.35. The lowest BCUT2D eigenvalue weighted by atomic mass is 9.97. The molecule has 3 heterocycles. The number of halogens is 3. The molecule has 0 aliphatic carbocycles. The number of amides is 1. The summed E-state index contributed by atoms with van der Waals surface area (Å²) in [5.74, 6) is -1.63. The number of aryl methyl sites for hydroxylation is 1. The fraction of sp³-hybridized carbons (Fsp3) is 0.250. The van der Waals surface area contributed by atoms with E-state index in [0.717, 1.165) is 4.90 Å². The lowest BCUT2D eigenvalue weighted by Crippen LogP contribution is -2.42. The molecule has 3 aromatic carbocycles. The lowest BCUT2D eigenvalue weighted by molar-refractivity contribution is -0.137. The Balaban J connectivity index is 1.31. The minimum atomic E-state index is -4.61. The van der Waals surface area contributed by atoms with Gasteiger partial charge in [0.05, 0.1) is 18.1 Å². The Hall–Kier alpha value is -4.81. The van der Waals surface area contributed by atoms with Gasteiger partial charge in [-0.15, -0.1) is 0 Å². The van der Waals surface area contributed by atoms with Crippen molar-refractivity contribution in [1.82, 2.24) is 19.4 Å². The number of ketones is 2. The van der Waals surface area contributed by atoms with Crippen molar-refractivity contribution >= 4 is 47.6 Å². The van der Waals surface area contributed by atoms with Crippen molar-refractivity contribution in [2.45, 2.75) is 45.4 Å². The Bertz CT molecular complexity index is 2220. The predicted molar refractivity (Wildman–Crippen MR) is 186 cm³/mol. The van der Waals surface area contributed by atoms with Gasteiger partial charge in [-0.1, -0.05) is 48.0 Å². The van der Waals surface area contributed by atoms with Crippen LogP contribution in [0, 0.1) is 12.7 Å². The molecule has 0 spiro atoms. The minimum absolute atomic E-state index is 0.0271. The fourth-order valence-electron chi connectivity index (χ4n) is 6.27. The highest BCUT2D eigenvalue weighted by Gasteiger charge is 2.40. The number of hydrogen-bond acceptors (Lipinski definition) is 7. The molecule has 1 aliphatic rings. The van der Waals surface area contributed by atoms with Crippen LogP contribution in [0.25, 0.3) is 33.2 Å². The van der Waals surface area contributed by atoms with E-state index >= 15 is 4.39 Å². The first-order chi connectivity index (χ1) is 24.2. The average Bonchev–Trinajstić information content (AvgIpc) is 3.65. The Labute approximate surface area is 296 Å². The van der Waals surface area contributed by atoms with E-state index in [4.69, 9.17) is 16.3 Å². The van der Waals surface area contributed by atoms with Crippen LogP contribution in [0.5, 0.6) is 5.75 Å². The maximum atomic E-state index is 15.7. The number of aromatic nitrogens is 3. The summed E-state index contributed by atoms with van der Waals surface area (Å²) in [6.45, 7) is 2.26. The number of benzene rings is 3. The molecule has 0 radical (unpaired) electrons. The molecule has 2 N–H and O–H groups in total. The van der Waals surface area contributed by atoms with Crippen molar-refractivity contribution in [1.29, 1.82) is 0 Å². The van der Waals surface area contributed by atoms with Gasteiger partial charge >= 0.3 is 7.60 Å². The van der Waals surface area contributed by atoms with Crippen LogP contribution in [0.3, 0.4) is 0 Å². The van der Waals surface area contributed by atoms with Crippen LogP contribution in [0.2, 0.25) is 5.02 Å². The SMILES string of the molecule is CC(=O)c1cn(CC(=O)N2C[C@H](F)CC2C(=O)Cc2cccc(-c3ccccc3Cl)c2F)c2cc(OCP(=O)(O)O)c(-c3cnc(C)nc3)cc12. The predicted octanol–water partition coefficient (Wildman–Crippen LogP) is 6.33. The number of hydrogen-bond donors (Lipinski definition) is 2. The maximum absolute atomic E-state index is 15.7. The first-order valence-electron chi connectivity index (χ1n) is 15.8. The third kappa shape index (κ3) is 7.77. The van der Waals surface area contributed by atoms with E-state index in [1.54, 1.807) is 49.4 Å². The normalized spacial score (nSPS) is 16.1. The summed E-state index contributed by atoms with van der Waals surface area (Å²) in [7, 11) is -4.61. The van der Waals surface area contributed by atoms with Crippen molar-refractivity contribution in [3.63, 3.8) is 0 Å². The zero-order chi connectivity index (χ0) is 36.6. The molecule has 1 aliphatic heterocycles. The van der Waals surface area contributed by atoms with E-state index in [2.05, 4.69) is 9.97 Å². The Morgan fingerprint density at radius 3 is 2.43 bits per heavy atom. The molecule has 2 atom stereocenters. The van der Waals surface area contributed by atoms with Gasteiger partial charge in [0.15, 0.2) is 17.9 Å². The van der Waals surface area contributed by atoms with E-state index in [0.29, 0.717) is 38.4 Å². The standard InChI is InChI=1S/C36H32ClF2N4O7P/c1-20(44)29-17-42(31-13-34(50-19-51(47,48)49)27(12-28(29)31)23-14-40-21(2)41-15-23)18-35(46)43-16-24(38)11-32(43)33(45)10-22-6-5-8-26(36(22)39)25-7-3-4-9-30(25)37/h3-9,12-15,17,24,32H,10-11,16,18-19H2,1-2H3,(H2,47,48,49)/t24-,32?/m1/s1. The zero-order valence-electron chi connectivity index (χ0n) is 27.4. The van der Waals surface area contributed by atoms with E-state index in [1.807, 2.05) is 0 Å². The highest BCUT2D eigenvalue weighted by atomic mass is 35.5. The molecule has 1 fully saturated rings. The summed E-state index contributed by atoms with van der Waals surface area (Å²) < 4.78 is 49.3. The Kier molecular flexibility index (Phi) is 10.2. The maximum Gasteiger partial charge on any atom is 0.362 e. The molecule has 0 saturated carbocycles. The fourth-order valence-corrected chi connectivity index (χ4v) is 6.82. The van der Waals surface area contributed by atoms with Crippen LogP contribution in [0.4, 0.5) is 8.78 Å². The second kappa shape index (κ2) is 14.4. The summed E-state index contributed by atoms with van der Waals surface area (Å²) in [6, 6.07) is 13.2. The topological polar surface area (TPSA) is 152 Å². The van der Waals surface area contributed by atoms with Crippen LogP contribution >= 0.6 is 19.2 Å². The third-order valence-electron chi connectivity index (χ3n) is 8.70. The van der Waals surface area contributed by atoms with Gasteiger partial charge in [0.2, 0.25) is 5.91 Å². The first kappa shape index (κ1) is 36.0. The van der Waals surface area contributed by atoms with Crippen molar-refractivity contribution in [2.24, 2.45) is 0 Å². The Morgan fingerprint density at radius 1 is 1.04 bits per heavy atom. The number of nitrogens with zero attached hydrogens (tertiary/aromatic N) is 4. The van der Waals surface area contributed by atoms with Gasteiger partial charge in [0.25, 0.3) is 0 Å². The van der Waals surface area contributed by atoms with E-state index in [-0.39, 0.29) is 41.2 Å². The number of fused-ring (bicyclic) bond motifs is 1. The highest BCUT2D eigenvalue weighted by Crippen LogP contribution is 2.40. The lowest BCUT2D eigenvalue weighted by Gasteiger charge is -2.24. The van der Waals surface area contributed by atoms with Crippen LogP contribution in [0.15, 0.2) is 73.2 Å². The number of carbonyl (C=O) groups is 3. The molecular formula is C36H32ClF2N4O7P. The smallest absolute Gasteiger partial charge is 0.362 e. The van der Waals surface area contributed by atoms with E-state index < -0.39 is 56.6 Å². The summed E-state index contributed by atoms with van der Waals surface area (Å²) >= 11 is 6.28. The molecule has 15 heteroatoms.